The van der Waals surface area contributed by atoms with E-state index in [0.29, 0.717) is 6.04 Å². The molecular formula is C25H30N4. The van der Waals surface area contributed by atoms with Crippen molar-refractivity contribution in [2.45, 2.75) is 45.8 Å². The van der Waals surface area contributed by atoms with Gasteiger partial charge in [0.1, 0.15) is 0 Å². The molecule has 4 nitrogen and oxygen atoms in total. The van der Waals surface area contributed by atoms with Gasteiger partial charge in [0, 0.05) is 50.3 Å². The molecule has 4 rings (SSSR count). The number of anilines is 1. The lowest BCUT2D eigenvalue weighted by molar-refractivity contribution is 0.148. The maximum Gasteiger partial charge on any atom is 0.0573 e. The van der Waals surface area contributed by atoms with Gasteiger partial charge in [-0.3, -0.25) is 14.9 Å². The topological polar surface area (TPSA) is 32.3 Å². The largest absolute Gasteiger partial charge is 0.371 e. The number of aromatic nitrogens is 2. The summed E-state index contributed by atoms with van der Waals surface area (Å²) in [6.45, 7) is 8.24. The summed E-state index contributed by atoms with van der Waals surface area (Å²) in [7, 11) is 0. The highest BCUT2D eigenvalue weighted by Crippen LogP contribution is 2.25. The molecule has 0 aliphatic carbocycles. The quantitative estimate of drug-likeness (QED) is 0.611. The third-order valence-electron chi connectivity index (χ3n) is 6.04. The molecule has 29 heavy (non-hydrogen) atoms. The van der Waals surface area contributed by atoms with Crippen molar-refractivity contribution in [2.75, 3.05) is 18.0 Å². The molecule has 150 valence electrons. The first-order valence-corrected chi connectivity index (χ1v) is 10.6. The zero-order valence-electron chi connectivity index (χ0n) is 17.5. The van der Waals surface area contributed by atoms with Crippen molar-refractivity contribution in [3.8, 4) is 0 Å². The normalized spacial score (nSPS) is 15.1. The van der Waals surface area contributed by atoms with Crippen LogP contribution in [-0.2, 0) is 13.1 Å². The van der Waals surface area contributed by atoms with E-state index in [1.54, 1.807) is 0 Å². The van der Waals surface area contributed by atoms with E-state index < -0.39 is 0 Å². The van der Waals surface area contributed by atoms with E-state index >= 15 is 0 Å². The summed E-state index contributed by atoms with van der Waals surface area (Å²) in [5.41, 5.74) is 6.20. The lowest BCUT2D eigenvalue weighted by Gasteiger charge is -2.39. The Morgan fingerprint density at radius 2 is 1.34 bits per heavy atom. The van der Waals surface area contributed by atoms with Crippen molar-refractivity contribution in [1.82, 2.24) is 14.9 Å². The number of rotatable bonds is 6. The van der Waals surface area contributed by atoms with Gasteiger partial charge in [-0.15, -0.1) is 0 Å². The molecule has 4 heteroatoms. The summed E-state index contributed by atoms with van der Waals surface area (Å²) in [6, 6.07) is 19.7. The first-order valence-electron chi connectivity index (χ1n) is 10.6. The molecule has 3 aromatic rings. The molecule has 0 atom stereocenters. The smallest absolute Gasteiger partial charge is 0.0573 e. The average molecular weight is 387 g/mol. The van der Waals surface area contributed by atoms with Gasteiger partial charge in [-0.05, 0) is 62.1 Å². The van der Waals surface area contributed by atoms with Gasteiger partial charge in [-0.25, -0.2) is 0 Å². The van der Waals surface area contributed by atoms with Crippen molar-refractivity contribution < 1.29 is 0 Å². The number of nitrogens with zero attached hydrogens (tertiary/aromatic N) is 4. The summed E-state index contributed by atoms with van der Waals surface area (Å²) >= 11 is 0. The Morgan fingerprint density at radius 3 is 1.86 bits per heavy atom. The minimum absolute atomic E-state index is 0.540. The molecule has 1 saturated heterocycles. The Hall–Kier alpha value is -2.72. The summed E-state index contributed by atoms with van der Waals surface area (Å²) in [6.07, 6.45) is 6.13. The summed E-state index contributed by atoms with van der Waals surface area (Å²) in [5.74, 6) is 0. The maximum atomic E-state index is 4.67. The molecule has 3 heterocycles. The lowest BCUT2D eigenvalue weighted by atomic mass is 10.0. The number of benzene rings is 1. The van der Waals surface area contributed by atoms with Crippen LogP contribution in [0.5, 0.6) is 0 Å². The fraction of sp³-hybridized carbons (Fsp3) is 0.360. The van der Waals surface area contributed by atoms with Crippen LogP contribution in [0, 0.1) is 13.8 Å². The van der Waals surface area contributed by atoms with Crippen LogP contribution in [-0.4, -0.2) is 34.0 Å². The highest BCUT2D eigenvalue weighted by atomic mass is 15.2. The Kier molecular flexibility index (Phi) is 6.20. The van der Waals surface area contributed by atoms with E-state index in [2.05, 4.69) is 76.1 Å². The van der Waals surface area contributed by atoms with Crippen LogP contribution in [0.15, 0.2) is 67.0 Å². The molecule has 0 saturated carbocycles. The standard InChI is InChI=1S/C25H30N4/c1-20-8-6-14-26-24(20)18-29(19-25-21(2)9-7-15-27-25)23-12-16-28(17-13-23)22-10-4-3-5-11-22/h3-11,14-15,23H,12-13,16-19H2,1-2H3. The summed E-state index contributed by atoms with van der Waals surface area (Å²) in [5, 5.41) is 0. The van der Waals surface area contributed by atoms with Crippen LogP contribution >= 0.6 is 0 Å². The second-order valence-electron chi connectivity index (χ2n) is 7.99. The molecule has 1 fully saturated rings. The monoisotopic (exact) mass is 386 g/mol. The van der Waals surface area contributed by atoms with Crippen LogP contribution in [0.3, 0.4) is 0 Å². The molecule has 0 N–H and O–H groups in total. The Bertz CT molecular complexity index is 869. The molecule has 1 aromatic carbocycles. The minimum atomic E-state index is 0.540. The average Bonchev–Trinajstić information content (AvgIpc) is 2.77. The minimum Gasteiger partial charge on any atom is -0.371 e. The van der Waals surface area contributed by atoms with Crippen molar-refractivity contribution >= 4 is 5.69 Å². The molecule has 1 aliphatic heterocycles. The maximum absolute atomic E-state index is 4.67. The number of pyridine rings is 2. The highest BCUT2D eigenvalue weighted by molar-refractivity contribution is 5.46. The summed E-state index contributed by atoms with van der Waals surface area (Å²) < 4.78 is 0. The van der Waals surface area contributed by atoms with Crippen molar-refractivity contribution in [3.63, 3.8) is 0 Å². The van der Waals surface area contributed by atoms with Crippen LogP contribution in [0.25, 0.3) is 0 Å². The molecule has 2 aromatic heterocycles. The first-order chi connectivity index (χ1) is 14.2. The van der Waals surface area contributed by atoms with Gasteiger partial charge in [0.05, 0.1) is 11.4 Å². The van der Waals surface area contributed by atoms with Crippen LogP contribution in [0.4, 0.5) is 5.69 Å². The first kappa shape index (κ1) is 19.6. The second kappa shape index (κ2) is 9.19. The van der Waals surface area contributed by atoms with Crippen LogP contribution in [0.1, 0.15) is 35.4 Å². The zero-order valence-corrected chi connectivity index (χ0v) is 17.5. The Morgan fingerprint density at radius 1 is 0.793 bits per heavy atom. The highest BCUT2D eigenvalue weighted by Gasteiger charge is 2.26. The van der Waals surface area contributed by atoms with Crippen molar-refractivity contribution in [3.05, 3.63) is 89.5 Å². The predicted molar refractivity (Wildman–Crippen MR) is 119 cm³/mol. The van der Waals surface area contributed by atoms with Gasteiger partial charge in [0.25, 0.3) is 0 Å². The Balaban J connectivity index is 1.51. The van der Waals surface area contributed by atoms with Gasteiger partial charge >= 0.3 is 0 Å². The van der Waals surface area contributed by atoms with Gasteiger partial charge < -0.3 is 4.90 Å². The number of piperidine rings is 1. The molecule has 0 spiro atoms. The van der Waals surface area contributed by atoms with Crippen LogP contribution < -0.4 is 4.90 Å². The van der Waals surface area contributed by atoms with Gasteiger partial charge in [-0.1, -0.05) is 30.3 Å². The van der Waals surface area contributed by atoms with E-state index in [9.17, 15) is 0 Å². The third-order valence-corrected chi connectivity index (χ3v) is 6.04. The number of para-hydroxylation sites is 1. The third kappa shape index (κ3) is 4.83. The SMILES string of the molecule is Cc1cccnc1CN(Cc1ncccc1C)C1CCN(c2ccccc2)CC1. The van der Waals surface area contributed by atoms with Gasteiger partial charge in [0.15, 0.2) is 0 Å². The van der Waals surface area contributed by atoms with E-state index in [0.717, 1.165) is 39.0 Å². The van der Waals surface area contributed by atoms with Crippen molar-refractivity contribution in [2.24, 2.45) is 0 Å². The molecular weight excluding hydrogens is 356 g/mol. The molecule has 1 aliphatic rings. The predicted octanol–water partition coefficient (Wildman–Crippen LogP) is 4.76. The van der Waals surface area contributed by atoms with E-state index in [1.165, 1.54) is 28.2 Å². The molecule has 0 bridgehead atoms. The van der Waals surface area contributed by atoms with E-state index in [4.69, 9.17) is 0 Å². The number of hydrogen-bond donors (Lipinski definition) is 0. The molecule has 0 amide bonds. The fourth-order valence-corrected chi connectivity index (χ4v) is 4.19. The number of hydrogen-bond acceptors (Lipinski definition) is 4. The second-order valence-corrected chi connectivity index (χ2v) is 7.99. The van der Waals surface area contributed by atoms with Gasteiger partial charge in [-0.2, -0.15) is 0 Å². The van der Waals surface area contributed by atoms with Crippen molar-refractivity contribution in [1.29, 1.82) is 0 Å². The lowest BCUT2D eigenvalue weighted by Crippen LogP contribution is -2.44. The zero-order chi connectivity index (χ0) is 20.1. The summed E-state index contributed by atoms with van der Waals surface area (Å²) in [4.78, 5) is 14.4. The fourth-order valence-electron chi connectivity index (χ4n) is 4.19. The van der Waals surface area contributed by atoms with Crippen LogP contribution in [0.2, 0.25) is 0 Å². The Labute approximate surface area is 174 Å². The van der Waals surface area contributed by atoms with Gasteiger partial charge in [0.2, 0.25) is 0 Å². The number of aryl methyl sites for hydroxylation is 2. The molecule has 0 radical (unpaired) electrons. The molecule has 0 unspecified atom stereocenters. The van der Waals surface area contributed by atoms with E-state index in [-0.39, 0.29) is 0 Å². The van der Waals surface area contributed by atoms with E-state index in [1.807, 2.05) is 24.5 Å².